The lowest BCUT2D eigenvalue weighted by Crippen LogP contribution is -2.03. The highest BCUT2D eigenvalue weighted by atomic mass is 79.9. The van der Waals surface area contributed by atoms with Crippen LogP contribution in [0.1, 0.15) is 15.5 Å². The topological polar surface area (TPSA) is 62.2 Å². The third-order valence-electron chi connectivity index (χ3n) is 2.20. The molecule has 2 rings (SSSR count). The minimum atomic E-state index is -1.10. The van der Waals surface area contributed by atoms with Crippen LogP contribution in [-0.2, 0) is 6.54 Å². The first-order valence-corrected chi connectivity index (χ1v) is 6.70. The molecule has 1 heterocycles. The maximum Gasteiger partial charge on any atom is 0.365 e. The molecule has 0 unspecified atom stereocenters. The Balaban J connectivity index is 2.09. The Labute approximate surface area is 119 Å². The maximum absolute atomic E-state index is 13.4. The number of carbonyl (C=O) groups is 1. The molecule has 0 aliphatic carbocycles. The summed E-state index contributed by atoms with van der Waals surface area (Å²) in [6, 6.07) is 2.03. The Morgan fingerprint density at radius 1 is 1.42 bits per heavy atom. The summed E-state index contributed by atoms with van der Waals surface area (Å²) in [5.74, 6) is -2.52. The fraction of sp³-hybridized carbons (Fsp3) is 0.0909. The maximum atomic E-state index is 13.4. The molecule has 0 aliphatic heterocycles. The van der Waals surface area contributed by atoms with Gasteiger partial charge in [0.15, 0.2) is 0 Å². The van der Waals surface area contributed by atoms with Gasteiger partial charge in [-0.15, -0.1) is 11.3 Å². The Morgan fingerprint density at radius 3 is 2.79 bits per heavy atom. The number of carboxylic acid groups (broad SMARTS) is 1. The monoisotopic (exact) mass is 348 g/mol. The van der Waals surface area contributed by atoms with Gasteiger partial charge in [0.05, 0.1) is 22.4 Å². The molecule has 0 amide bonds. The minimum Gasteiger partial charge on any atom is -0.476 e. The van der Waals surface area contributed by atoms with Gasteiger partial charge in [-0.1, -0.05) is 0 Å². The lowest BCUT2D eigenvalue weighted by atomic mass is 10.3. The number of benzene rings is 1. The molecule has 100 valence electrons. The number of rotatable bonds is 4. The smallest absolute Gasteiger partial charge is 0.365 e. The SMILES string of the molecule is O=C(O)c1nc(CNc2cc(Br)c(F)cc2F)cs1. The molecular weight excluding hydrogens is 342 g/mol. The van der Waals surface area contributed by atoms with Crippen LogP contribution in [0.2, 0.25) is 0 Å². The zero-order chi connectivity index (χ0) is 14.0. The summed E-state index contributed by atoms with van der Waals surface area (Å²) in [5, 5.41) is 13.0. The molecule has 0 fully saturated rings. The van der Waals surface area contributed by atoms with Crippen LogP contribution in [-0.4, -0.2) is 16.1 Å². The van der Waals surface area contributed by atoms with Gasteiger partial charge in [0.25, 0.3) is 0 Å². The normalized spacial score (nSPS) is 10.5. The standard InChI is InChI=1S/C11H7BrF2N2O2S/c12-6-1-9(8(14)2-7(6)13)15-3-5-4-19-10(16-5)11(17)18/h1-2,4,15H,3H2,(H,17,18). The quantitative estimate of drug-likeness (QED) is 0.830. The molecule has 0 aliphatic rings. The number of hydrogen-bond acceptors (Lipinski definition) is 4. The number of anilines is 1. The molecule has 0 bridgehead atoms. The van der Waals surface area contributed by atoms with Gasteiger partial charge >= 0.3 is 5.97 Å². The molecule has 4 nitrogen and oxygen atoms in total. The van der Waals surface area contributed by atoms with Crippen LogP contribution in [0.4, 0.5) is 14.5 Å². The molecule has 19 heavy (non-hydrogen) atoms. The van der Waals surface area contributed by atoms with Crippen molar-refractivity contribution < 1.29 is 18.7 Å². The van der Waals surface area contributed by atoms with Crippen LogP contribution >= 0.6 is 27.3 Å². The van der Waals surface area contributed by atoms with E-state index in [0.29, 0.717) is 5.69 Å². The number of nitrogens with one attached hydrogen (secondary N) is 1. The molecular formula is C11H7BrF2N2O2S. The highest BCUT2D eigenvalue weighted by Crippen LogP contribution is 2.24. The Hall–Kier alpha value is -1.54. The van der Waals surface area contributed by atoms with Gasteiger partial charge in [0.2, 0.25) is 5.01 Å². The molecule has 1 aromatic heterocycles. The van der Waals surface area contributed by atoms with Gasteiger partial charge < -0.3 is 10.4 Å². The lowest BCUT2D eigenvalue weighted by Gasteiger charge is -2.07. The van der Waals surface area contributed by atoms with Crippen molar-refractivity contribution in [2.45, 2.75) is 6.54 Å². The lowest BCUT2D eigenvalue weighted by molar-refractivity contribution is 0.0696. The van der Waals surface area contributed by atoms with Crippen molar-refractivity contribution in [3.8, 4) is 0 Å². The summed E-state index contributed by atoms with van der Waals surface area (Å²) in [6.07, 6.45) is 0. The highest BCUT2D eigenvalue weighted by Gasteiger charge is 2.11. The molecule has 0 radical (unpaired) electrons. The van der Waals surface area contributed by atoms with Crippen LogP contribution in [0.15, 0.2) is 22.0 Å². The van der Waals surface area contributed by atoms with Crippen LogP contribution in [0.25, 0.3) is 0 Å². The summed E-state index contributed by atoms with van der Waals surface area (Å²) in [7, 11) is 0. The van der Waals surface area contributed by atoms with Crippen molar-refractivity contribution in [3.63, 3.8) is 0 Å². The average Bonchev–Trinajstić information content (AvgIpc) is 2.81. The Bertz CT molecular complexity index is 633. The van der Waals surface area contributed by atoms with Gasteiger partial charge in [0, 0.05) is 11.4 Å². The van der Waals surface area contributed by atoms with Gasteiger partial charge in [-0.2, -0.15) is 0 Å². The number of aromatic carboxylic acids is 1. The second-order valence-corrected chi connectivity index (χ2v) is 5.26. The largest absolute Gasteiger partial charge is 0.476 e. The van der Waals surface area contributed by atoms with Crippen LogP contribution in [0.3, 0.4) is 0 Å². The van der Waals surface area contributed by atoms with E-state index in [2.05, 4.69) is 26.2 Å². The van der Waals surface area contributed by atoms with Gasteiger partial charge in [-0.05, 0) is 22.0 Å². The molecule has 0 saturated heterocycles. The minimum absolute atomic E-state index is 0.0300. The number of hydrogen-bond donors (Lipinski definition) is 2. The number of nitrogens with zero attached hydrogens (tertiary/aromatic N) is 1. The van der Waals surface area contributed by atoms with E-state index in [4.69, 9.17) is 5.11 Å². The van der Waals surface area contributed by atoms with Gasteiger partial charge in [-0.25, -0.2) is 18.6 Å². The number of carboxylic acids is 1. The molecule has 2 aromatic rings. The molecule has 0 saturated carbocycles. The first-order valence-electron chi connectivity index (χ1n) is 5.03. The first-order chi connectivity index (χ1) is 8.97. The van der Waals surface area contributed by atoms with Crippen molar-refractivity contribution in [3.05, 3.63) is 44.3 Å². The molecule has 2 N–H and O–H groups in total. The molecule has 8 heteroatoms. The van der Waals surface area contributed by atoms with Crippen LogP contribution < -0.4 is 5.32 Å². The van der Waals surface area contributed by atoms with Crippen molar-refractivity contribution in [1.29, 1.82) is 0 Å². The fourth-order valence-electron chi connectivity index (χ4n) is 1.33. The van der Waals surface area contributed by atoms with E-state index in [9.17, 15) is 13.6 Å². The summed E-state index contributed by atoms with van der Waals surface area (Å²) in [6.45, 7) is 0.152. The van der Waals surface area contributed by atoms with E-state index in [1.165, 1.54) is 6.07 Å². The summed E-state index contributed by atoms with van der Waals surface area (Å²) < 4.78 is 26.6. The van der Waals surface area contributed by atoms with Crippen molar-refractivity contribution >= 4 is 38.9 Å². The van der Waals surface area contributed by atoms with Crippen molar-refractivity contribution in [2.75, 3.05) is 5.32 Å². The molecule has 1 aromatic carbocycles. The molecule has 0 spiro atoms. The summed E-state index contributed by atoms with van der Waals surface area (Å²) in [5.41, 5.74) is 0.584. The zero-order valence-electron chi connectivity index (χ0n) is 9.28. The van der Waals surface area contributed by atoms with Crippen molar-refractivity contribution in [1.82, 2.24) is 4.98 Å². The first kappa shape index (κ1) is 13.9. The highest BCUT2D eigenvalue weighted by molar-refractivity contribution is 9.10. The average molecular weight is 349 g/mol. The number of halogens is 3. The van der Waals surface area contributed by atoms with E-state index in [-0.39, 0.29) is 21.7 Å². The van der Waals surface area contributed by atoms with Crippen LogP contribution in [0, 0.1) is 11.6 Å². The Morgan fingerprint density at radius 2 is 2.16 bits per heavy atom. The van der Waals surface area contributed by atoms with E-state index in [1.54, 1.807) is 5.38 Å². The second-order valence-electron chi connectivity index (χ2n) is 3.55. The Kier molecular flexibility index (Phi) is 4.11. The third-order valence-corrected chi connectivity index (χ3v) is 3.69. The predicted molar refractivity (Wildman–Crippen MR) is 70.5 cm³/mol. The number of aromatic nitrogens is 1. The fourth-order valence-corrected chi connectivity index (χ4v) is 2.33. The summed E-state index contributed by atoms with van der Waals surface area (Å²) in [4.78, 5) is 14.5. The van der Waals surface area contributed by atoms with E-state index >= 15 is 0 Å². The van der Waals surface area contributed by atoms with Crippen molar-refractivity contribution in [2.24, 2.45) is 0 Å². The van der Waals surface area contributed by atoms with E-state index in [1.807, 2.05) is 0 Å². The van der Waals surface area contributed by atoms with E-state index < -0.39 is 17.6 Å². The third kappa shape index (κ3) is 3.27. The van der Waals surface area contributed by atoms with Gasteiger partial charge in [-0.3, -0.25) is 0 Å². The second kappa shape index (κ2) is 5.62. The summed E-state index contributed by atoms with van der Waals surface area (Å²) >= 11 is 3.95. The van der Waals surface area contributed by atoms with E-state index in [0.717, 1.165) is 17.4 Å². The molecule has 0 atom stereocenters. The van der Waals surface area contributed by atoms with Gasteiger partial charge in [0.1, 0.15) is 11.6 Å². The van der Waals surface area contributed by atoms with Crippen LogP contribution in [0.5, 0.6) is 0 Å². The predicted octanol–water partition coefficient (Wildman–Crippen LogP) is 3.49. The number of thiazole rings is 1. The zero-order valence-corrected chi connectivity index (χ0v) is 11.7.